The van der Waals surface area contributed by atoms with Crippen molar-refractivity contribution in [2.24, 2.45) is 11.8 Å². The maximum absolute atomic E-state index is 4.23. The molecule has 0 atom stereocenters. The summed E-state index contributed by atoms with van der Waals surface area (Å²) >= 11 is 0. The van der Waals surface area contributed by atoms with E-state index >= 15 is 0 Å². The molecule has 17 heavy (non-hydrogen) atoms. The van der Waals surface area contributed by atoms with Crippen molar-refractivity contribution in [2.75, 3.05) is 6.54 Å². The second-order valence-electron chi connectivity index (χ2n) is 5.66. The first-order valence-corrected chi connectivity index (χ1v) is 7.00. The molecule has 0 aromatic carbocycles. The third-order valence-corrected chi connectivity index (χ3v) is 3.94. The van der Waals surface area contributed by atoms with Crippen molar-refractivity contribution < 1.29 is 0 Å². The minimum absolute atomic E-state index is 0.837. The van der Waals surface area contributed by atoms with E-state index in [0.29, 0.717) is 0 Å². The van der Waals surface area contributed by atoms with Crippen LogP contribution in [0.2, 0.25) is 0 Å². The number of nitrogens with one attached hydrogen (secondary N) is 1. The Morgan fingerprint density at radius 1 is 1.18 bits per heavy atom. The standard InChI is InChI=1S/C13H22N4/c1-2-4-12(3-1)9-17-10-13(15-16-17)8-14-7-11-5-6-11/h10-12,14H,1-9H2. The average Bonchev–Trinajstić information content (AvgIpc) is 2.83. The van der Waals surface area contributed by atoms with Crippen molar-refractivity contribution in [3.05, 3.63) is 11.9 Å². The molecule has 4 heteroatoms. The molecule has 2 aliphatic carbocycles. The summed E-state index contributed by atoms with van der Waals surface area (Å²) in [6.45, 7) is 3.09. The van der Waals surface area contributed by atoms with Crippen LogP contribution in [0.3, 0.4) is 0 Å². The fraction of sp³-hybridized carbons (Fsp3) is 0.846. The lowest BCUT2D eigenvalue weighted by atomic mass is 10.1. The van der Waals surface area contributed by atoms with Crippen LogP contribution in [0.5, 0.6) is 0 Å². The minimum atomic E-state index is 0.837. The molecule has 0 amide bonds. The minimum Gasteiger partial charge on any atom is -0.311 e. The molecule has 3 rings (SSSR count). The quantitative estimate of drug-likeness (QED) is 0.818. The summed E-state index contributed by atoms with van der Waals surface area (Å²) in [6, 6.07) is 0. The topological polar surface area (TPSA) is 42.7 Å². The summed E-state index contributed by atoms with van der Waals surface area (Å²) in [6.07, 6.45) is 10.5. The highest BCUT2D eigenvalue weighted by molar-refractivity contribution is 4.92. The van der Waals surface area contributed by atoms with Crippen molar-refractivity contribution in [2.45, 2.75) is 51.6 Å². The molecule has 1 aromatic rings. The van der Waals surface area contributed by atoms with E-state index in [1.165, 1.54) is 38.5 Å². The molecule has 2 saturated carbocycles. The zero-order chi connectivity index (χ0) is 11.5. The fourth-order valence-electron chi connectivity index (χ4n) is 2.69. The second kappa shape index (κ2) is 5.17. The maximum atomic E-state index is 4.23. The van der Waals surface area contributed by atoms with E-state index < -0.39 is 0 Å². The van der Waals surface area contributed by atoms with Crippen molar-refractivity contribution in [1.82, 2.24) is 20.3 Å². The van der Waals surface area contributed by atoms with Gasteiger partial charge in [-0.25, -0.2) is 0 Å². The Kier molecular flexibility index (Phi) is 3.41. The van der Waals surface area contributed by atoms with Gasteiger partial charge in [0.05, 0.1) is 5.69 Å². The lowest BCUT2D eigenvalue weighted by Gasteiger charge is -2.07. The van der Waals surface area contributed by atoms with Gasteiger partial charge in [-0.2, -0.15) is 0 Å². The second-order valence-corrected chi connectivity index (χ2v) is 5.66. The highest BCUT2D eigenvalue weighted by atomic mass is 15.4. The smallest absolute Gasteiger partial charge is 0.0964 e. The van der Waals surface area contributed by atoms with Gasteiger partial charge in [-0.05, 0) is 44.1 Å². The molecule has 1 N–H and O–H groups in total. The molecular weight excluding hydrogens is 212 g/mol. The summed E-state index contributed by atoms with van der Waals surface area (Å²) in [5.74, 6) is 1.77. The van der Waals surface area contributed by atoms with Crippen LogP contribution in [0, 0.1) is 11.8 Å². The van der Waals surface area contributed by atoms with Gasteiger partial charge in [0, 0.05) is 19.3 Å². The summed E-state index contributed by atoms with van der Waals surface area (Å²) in [4.78, 5) is 0. The van der Waals surface area contributed by atoms with Crippen LogP contribution in [-0.4, -0.2) is 21.5 Å². The van der Waals surface area contributed by atoms with E-state index in [0.717, 1.165) is 37.2 Å². The fourth-order valence-corrected chi connectivity index (χ4v) is 2.69. The summed E-state index contributed by atoms with van der Waals surface area (Å²) in [5, 5.41) is 11.9. The zero-order valence-electron chi connectivity index (χ0n) is 10.4. The van der Waals surface area contributed by atoms with Crippen molar-refractivity contribution in [3.8, 4) is 0 Å². The first-order valence-electron chi connectivity index (χ1n) is 7.00. The van der Waals surface area contributed by atoms with Crippen LogP contribution in [0.1, 0.15) is 44.2 Å². The Hall–Kier alpha value is -0.900. The lowest BCUT2D eigenvalue weighted by molar-refractivity contribution is 0.421. The largest absolute Gasteiger partial charge is 0.311 e. The third kappa shape index (κ3) is 3.28. The SMILES string of the molecule is c1c(CNCC2CC2)nnn1CC1CCCC1. The Bertz CT molecular complexity index is 350. The molecule has 0 spiro atoms. The van der Waals surface area contributed by atoms with Crippen LogP contribution in [-0.2, 0) is 13.1 Å². The Balaban J connectivity index is 1.43. The molecule has 2 aliphatic rings. The number of nitrogens with zero attached hydrogens (tertiary/aromatic N) is 3. The summed E-state index contributed by atoms with van der Waals surface area (Å²) in [5.41, 5.74) is 1.09. The van der Waals surface area contributed by atoms with Gasteiger partial charge in [-0.15, -0.1) is 5.10 Å². The zero-order valence-corrected chi connectivity index (χ0v) is 10.4. The Labute approximate surface area is 103 Å². The van der Waals surface area contributed by atoms with Crippen molar-refractivity contribution in [3.63, 3.8) is 0 Å². The molecule has 0 unspecified atom stereocenters. The van der Waals surface area contributed by atoms with Gasteiger partial charge in [0.1, 0.15) is 0 Å². The maximum Gasteiger partial charge on any atom is 0.0964 e. The number of hydrogen-bond acceptors (Lipinski definition) is 3. The molecule has 0 radical (unpaired) electrons. The number of hydrogen-bond donors (Lipinski definition) is 1. The molecule has 0 aliphatic heterocycles. The van der Waals surface area contributed by atoms with Crippen LogP contribution in [0.15, 0.2) is 6.20 Å². The first kappa shape index (κ1) is 11.2. The monoisotopic (exact) mass is 234 g/mol. The van der Waals surface area contributed by atoms with Gasteiger partial charge in [0.25, 0.3) is 0 Å². The molecule has 4 nitrogen and oxygen atoms in total. The van der Waals surface area contributed by atoms with Crippen LogP contribution < -0.4 is 5.32 Å². The number of rotatable bonds is 6. The molecule has 94 valence electrons. The lowest BCUT2D eigenvalue weighted by Crippen LogP contribution is -2.16. The van der Waals surface area contributed by atoms with E-state index in [1.807, 2.05) is 4.68 Å². The molecule has 1 heterocycles. The molecule has 0 bridgehead atoms. The van der Waals surface area contributed by atoms with E-state index in [-0.39, 0.29) is 0 Å². The van der Waals surface area contributed by atoms with E-state index in [2.05, 4.69) is 21.8 Å². The van der Waals surface area contributed by atoms with Gasteiger partial charge < -0.3 is 5.32 Å². The van der Waals surface area contributed by atoms with Crippen LogP contribution in [0.4, 0.5) is 0 Å². The van der Waals surface area contributed by atoms with Crippen LogP contribution >= 0.6 is 0 Å². The summed E-state index contributed by atoms with van der Waals surface area (Å²) in [7, 11) is 0. The van der Waals surface area contributed by atoms with Gasteiger partial charge in [-0.3, -0.25) is 4.68 Å². The normalized spacial score (nSPS) is 21.2. The van der Waals surface area contributed by atoms with Gasteiger partial charge in [-0.1, -0.05) is 18.1 Å². The Morgan fingerprint density at radius 2 is 2.00 bits per heavy atom. The molecule has 0 saturated heterocycles. The van der Waals surface area contributed by atoms with Crippen molar-refractivity contribution >= 4 is 0 Å². The highest BCUT2D eigenvalue weighted by Crippen LogP contribution is 2.27. The van der Waals surface area contributed by atoms with Gasteiger partial charge in [0.15, 0.2) is 0 Å². The van der Waals surface area contributed by atoms with Crippen LogP contribution in [0.25, 0.3) is 0 Å². The van der Waals surface area contributed by atoms with E-state index in [4.69, 9.17) is 0 Å². The van der Waals surface area contributed by atoms with E-state index in [1.54, 1.807) is 0 Å². The van der Waals surface area contributed by atoms with Gasteiger partial charge in [0.2, 0.25) is 0 Å². The molecule has 2 fully saturated rings. The average molecular weight is 234 g/mol. The predicted octanol–water partition coefficient (Wildman–Crippen LogP) is 1.97. The third-order valence-electron chi connectivity index (χ3n) is 3.94. The highest BCUT2D eigenvalue weighted by Gasteiger charge is 2.20. The summed E-state index contributed by atoms with van der Waals surface area (Å²) < 4.78 is 2.03. The van der Waals surface area contributed by atoms with E-state index in [9.17, 15) is 0 Å². The first-order chi connectivity index (χ1) is 8.40. The molecular formula is C13H22N4. The number of aromatic nitrogens is 3. The van der Waals surface area contributed by atoms with Crippen molar-refractivity contribution in [1.29, 1.82) is 0 Å². The molecule has 1 aromatic heterocycles. The Morgan fingerprint density at radius 3 is 2.76 bits per heavy atom. The predicted molar refractivity (Wildman–Crippen MR) is 66.4 cm³/mol. The van der Waals surface area contributed by atoms with Gasteiger partial charge >= 0.3 is 0 Å².